The topological polar surface area (TPSA) is 49.2 Å². The summed E-state index contributed by atoms with van der Waals surface area (Å²) < 4.78 is 5.33. The molecule has 0 amide bonds. The number of rotatable bonds is 2. The first-order chi connectivity index (χ1) is 8.63. The van der Waals surface area contributed by atoms with Gasteiger partial charge in [-0.1, -0.05) is 13.8 Å². The number of pyridine rings is 1. The van der Waals surface area contributed by atoms with Crippen molar-refractivity contribution in [2.45, 2.75) is 26.7 Å². The van der Waals surface area contributed by atoms with Crippen molar-refractivity contribution < 1.29 is 4.74 Å². The molecule has 0 saturated carbocycles. The quantitative estimate of drug-likeness (QED) is 0.801. The minimum atomic E-state index is 0.392. The number of nitrogens with zero attached hydrogens (tertiary/aromatic N) is 3. The van der Waals surface area contributed by atoms with E-state index in [4.69, 9.17) is 4.74 Å². The minimum Gasteiger partial charge on any atom is -0.378 e. The van der Waals surface area contributed by atoms with Gasteiger partial charge in [0, 0.05) is 18.8 Å². The number of nitriles is 1. The Morgan fingerprint density at radius 2 is 2.06 bits per heavy atom. The lowest BCUT2D eigenvalue weighted by Gasteiger charge is -2.29. The van der Waals surface area contributed by atoms with Crippen LogP contribution in [0.5, 0.6) is 0 Å². The second-order valence-corrected chi connectivity index (χ2v) is 4.90. The molecule has 0 N–H and O–H groups in total. The smallest absolute Gasteiger partial charge is 0.146 e. The molecule has 0 aliphatic carbocycles. The van der Waals surface area contributed by atoms with Crippen LogP contribution in [0.1, 0.15) is 36.6 Å². The number of anilines is 1. The number of hydrogen-bond acceptors (Lipinski definition) is 4. The van der Waals surface area contributed by atoms with Crippen LogP contribution < -0.4 is 4.90 Å². The molecule has 2 heterocycles. The summed E-state index contributed by atoms with van der Waals surface area (Å²) >= 11 is 0. The molecular formula is C14H19N3O. The lowest BCUT2D eigenvalue weighted by molar-refractivity contribution is 0.122. The van der Waals surface area contributed by atoms with Crippen LogP contribution in [-0.2, 0) is 4.74 Å². The van der Waals surface area contributed by atoms with E-state index in [0.717, 1.165) is 30.2 Å². The number of ether oxygens (including phenoxy) is 1. The Morgan fingerprint density at radius 1 is 1.39 bits per heavy atom. The Labute approximate surface area is 108 Å². The van der Waals surface area contributed by atoms with Crippen molar-refractivity contribution in [2.75, 3.05) is 31.2 Å². The van der Waals surface area contributed by atoms with E-state index in [9.17, 15) is 5.26 Å². The molecule has 96 valence electrons. The summed E-state index contributed by atoms with van der Waals surface area (Å²) in [7, 11) is 0. The van der Waals surface area contributed by atoms with Gasteiger partial charge in [-0.25, -0.2) is 4.98 Å². The molecule has 18 heavy (non-hydrogen) atoms. The van der Waals surface area contributed by atoms with Gasteiger partial charge in [0.05, 0.1) is 18.8 Å². The standard InChI is InChI=1S/C14H19N3O/c1-10(2)13-8-12(9-15)14(16-11(13)3)17-4-6-18-7-5-17/h8,10H,4-7H2,1-3H3. The number of aromatic nitrogens is 1. The van der Waals surface area contributed by atoms with E-state index >= 15 is 0 Å². The van der Waals surface area contributed by atoms with E-state index < -0.39 is 0 Å². The van der Waals surface area contributed by atoms with Gasteiger partial charge < -0.3 is 9.64 Å². The summed E-state index contributed by atoms with van der Waals surface area (Å²) in [5, 5.41) is 9.30. The van der Waals surface area contributed by atoms with Crippen LogP contribution in [0.3, 0.4) is 0 Å². The van der Waals surface area contributed by atoms with Crippen LogP contribution >= 0.6 is 0 Å². The molecule has 1 aromatic heterocycles. The molecule has 2 rings (SSSR count). The Hall–Kier alpha value is -1.60. The van der Waals surface area contributed by atoms with Crippen molar-refractivity contribution in [2.24, 2.45) is 0 Å². The lowest BCUT2D eigenvalue weighted by atomic mass is 10.00. The van der Waals surface area contributed by atoms with Crippen molar-refractivity contribution >= 4 is 5.82 Å². The molecule has 0 radical (unpaired) electrons. The Balaban J connectivity index is 2.41. The van der Waals surface area contributed by atoms with Gasteiger partial charge in [0.2, 0.25) is 0 Å². The third-order valence-electron chi connectivity index (χ3n) is 3.29. The average molecular weight is 245 g/mol. The fourth-order valence-corrected chi connectivity index (χ4v) is 2.29. The number of aryl methyl sites for hydroxylation is 1. The fraction of sp³-hybridized carbons (Fsp3) is 0.571. The molecule has 0 bridgehead atoms. The maximum absolute atomic E-state index is 9.30. The molecule has 1 fully saturated rings. The van der Waals surface area contributed by atoms with Crippen LogP contribution in [0, 0.1) is 18.3 Å². The Bertz CT molecular complexity index is 471. The van der Waals surface area contributed by atoms with Crippen LogP contribution in [0.2, 0.25) is 0 Å². The first-order valence-electron chi connectivity index (χ1n) is 6.37. The molecule has 1 aliphatic heterocycles. The molecule has 0 unspecified atom stereocenters. The molecule has 0 atom stereocenters. The summed E-state index contributed by atoms with van der Waals surface area (Å²) in [6.45, 7) is 9.29. The van der Waals surface area contributed by atoms with Crippen molar-refractivity contribution in [3.8, 4) is 6.07 Å². The van der Waals surface area contributed by atoms with Crippen molar-refractivity contribution in [3.63, 3.8) is 0 Å². The van der Waals surface area contributed by atoms with E-state index in [0.29, 0.717) is 24.7 Å². The normalized spacial score (nSPS) is 15.8. The molecule has 1 aliphatic rings. The monoisotopic (exact) mass is 245 g/mol. The van der Waals surface area contributed by atoms with Crippen molar-refractivity contribution in [1.82, 2.24) is 4.98 Å². The maximum atomic E-state index is 9.30. The number of morpholine rings is 1. The second kappa shape index (κ2) is 5.36. The molecule has 4 nitrogen and oxygen atoms in total. The minimum absolute atomic E-state index is 0.392. The van der Waals surface area contributed by atoms with Gasteiger partial charge in [-0.15, -0.1) is 0 Å². The predicted octanol–water partition coefficient (Wildman–Crippen LogP) is 2.22. The first-order valence-corrected chi connectivity index (χ1v) is 6.37. The van der Waals surface area contributed by atoms with E-state index in [1.807, 2.05) is 13.0 Å². The van der Waals surface area contributed by atoms with Gasteiger partial charge in [0.25, 0.3) is 0 Å². The van der Waals surface area contributed by atoms with Gasteiger partial charge in [-0.3, -0.25) is 0 Å². The Kier molecular flexibility index (Phi) is 3.83. The fourth-order valence-electron chi connectivity index (χ4n) is 2.29. The largest absolute Gasteiger partial charge is 0.378 e. The zero-order chi connectivity index (χ0) is 13.1. The highest BCUT2D eigenvalue weighted by Gasteiger charge is 2.18. The van der Waals surface area contributed by atoms with Crippen molar-refractivity contribution in [3.05, 3.63) is 22.9 Å². The van der Waals surface area contributed by atoms with E-state index in [-0.39, 0.29) is 0 Å². The highest BCUT2D eigenvalue weighted by molar-refractivity contribution is 5.56. The number of hydrogen-bond donors (Lipinski definition) is 0. The Morgan fingerprint density at radius 3 is 2.61 bits per heavy atom. The lowest BCUT2D eigenvalue weighted by Crippen LogP contribution is -2.37. The van der Waals surface area contributed by atoms with Crippen LogP contribution in [-0.4, -0.2) is 31.3 Å². The van der Waals surface area contributed by atoms with Gasteiger partial charge >= 0.3 is 0 Å². The van der Waals surface area contributed by atoms with E-state index in [1.54, 1.807) is 0 Å². The summed E-state index contributed by atoms with van der Waals surface area (Å²) in [5.74, 6) is 1.20. The molecule has 0 spiro atoms. The SMILES string of the molecule is Cc1nc(N2CCOCC2)c(C#N)cc1C(C)C. The van der Waals surface area contributed by atoms with Crippen LogP contribution in [0.25, 0.3) is 0 Å². The summed E-state index contributed by atoms with van der Waals surface area (Å²) in [6, 6.07) is 4.25. The second-order valence-electron chi connectivity index (χ2n) is 4.90. The van der Waals surface area contributed by atoms with E-state index in [2.05, 4.69) is 29.8 Å². The van der Waals surface area contributed by atoms with Gasteiger partial charge in [-0.2, -0.15) is 5.26 Å². The third kappa shape index (κ3) is 2.46. The van der Waals surface area contributed by atoms with Gasteiger partial charge in [-0.05, 0) is 24.5 Å². The maximum Gasteiger partial charge on any atom is 0.146 e. The molecule has 0 aromatic carbocycles. The summed E-state index contributed by atoms with van der Waals surface area (Å²) in [4.78, 5) is 6.77. The van der Waals surface area contributed by atoms with Crippen molar-refractivity contribution in [1.29, 1.82) is 5.26 Å². The zero-order valence-corrected chi connectivity index (χ0v) is 11.2. The zero-order valence-electron chi connectivity index (χ0n) is 11.2. The van der Waals surface area contributed by atoms with Crippen LogP contribution in [0.15, 0.2) is 6.07 Å². The summed E-state index contributed by atoms with van der Waals surface area (Å²) in [5.41, 5.74) is 2.85. The van der Waals surface area contributed by atoms with Crippen LogP contribution in [0.4, 0.5) is 5.82 Å². The van der Waals surface area contributed by atoms with Gasteiger partial charge in [0.1, 0.15) is 11.9 Å². The van der Waals surface area contributed by atoms with E-state index in [1.165, 1.54) is 0 Å². The molecule has 4 heteroatoms. The third-order valence-corrected chi connectivity index (χ3v) is 3.29. The summed E-state index contributed by atoms with van der Waals surface area (Å²) in [6.07, 6.45) is 0. The highest BCUT2D eigenvalue weighted by Crippen LogP contribution is 2.25. The predicted molar refractivity (Wildman–Crippen MR) is 70.8 cm³/mol. The molecular weight excluding hydrogens is 226 g/mol. The first kappa shape index (κ1) is 12.8. The molecule has 1 saturated heterocycles. The highest BCUT2D eigenvalue weighted by atomic mass is 16.5. The average Bonchev–Trinajstić information content (AvgIpc) is 2.39. The van der Waals surface area contributed by atoms with Gasteiger partial charge in [0.15, 0.2) is 0 Å². The molecule has 1 aromatic rings.